The molecule has 0 bridgehead atoms. The monoisotopic (exact) mass is 111 g/mol. The van der Waals surface area contributed by atoms with Gasteiger partial charge in [-0.15, -0.1) is 0 Å². The van der Waals surface area contributed by atoms with E-state index in [1.54, 1.807) is 0 Å². The highest BCUT2D eigenvalue weighted by Gasteiger charge is 1.92. The van der Waals surface area contributed by atoms with E-state index in [0.29, 0.717) is 5.82 Å². The van der Waals surface area contributed by atoms with Crippen LogP contribution in [0.5, 0.6) is 0 Å². The Kier molecular flexibility index (Phi) is 3.97. The molecule has 2 radical (unpaired) electrons. The summed E-state index contributed by atoms with van der Waals surface area (Å²) in [5, 5.41) is 0. The van der Waals surface area contributed by atoms with Crippen molar-refractivity contribution in [2.45, 2.75) is 19.2 Å². The maximum absolute atomic E-state index is 5.51. The van der Waals surface area contributed by atoms with Crippen molar-refractivity contribution in [3.8, 4) is 0 Å². The molecule has 0 amide bonds. The molecule has 0 aliphatic carbocycles. The smallest absolute Gasteiger partial charge is 0.0696 e. The van der Waals surface area contributed by atoms with Crippen molar-refractivity contribution in [2.75, 3.05) is 20.6 Å². The van der Waals surface area contributed by atoms with E-state index in [9.17, 15) is 0 Å². The molecule has 0 spiro atoms. The molecule has 46 valence electrons. The van der Waals surface area contributed by atoms with Gasteiger partial charge in [0, 0.05) is 0 Å². The van der Waals surface area contributed by atoms with Crippen molar-refractivity contribution in [3.63, 3.8) is 0 Å². The van der Waals surface area contributed by atoms with Crippen LogP contribution in [-0.2, 0) is 0 Å². The van der Waals surface area contributed by atoms with Crippen LogP contribution in [0.2, 0.25) is 5.82 Å². The predicted octanol–water partition coefficient (Wildman–Crippen LogP) is 0.915. The van der Waals surface area contributed by atoms with Crippen LogP contribution in [0.1, 0.15) is 13.3 Å². The van der Waals surface area contributed by atoms with Crippen LogP contribution in [0.25, 0.3) is 0 Å². The fourth-order valence-corrected chi connectivity index (χ4v) is 0.462. The number of hydrogen-bond acceptors (Lipinski definition) is 1. The molecule has 0 heterocycles. The SMILES string of the molecule is [B]C(C)CCN(C)C. The van der Waals surface area contributed by atoms with Crippen LogP contribution in [0.15, 0.2) is 0 Å². The molecule has 1 atom stereocenters. The Morgan fingerprint density at radius 1 is 1.50 bits per heavy atom. The lowest BCUT2D eigenvalue weighted by atomic mass is 9.87. The third-order valence-corrected chi connectivity index (χ3v) is 1.03. The Labute approximate surface area is 53.5 Å². The van der Waals surface area contributed by atoms with Crippen LogP contribution in [-0.4, -0.2) is 33.4 Å². The lowest BCUT2D eigenvalue weighted by molar-refractivity contribution is 0.398. The highest BCUT2D eigenvalue weighted by Crippen LogP contribution is 2.01. The number of hydrogen-bond donors (Lipinski definition) is 0. The first kappa shape index (κ1) is 8.02. The first-order valence-electron chi connectivity index (χ1n) is 3.03. The van der Waals surface area contributed by atoms with Gasteiger partial charge in [-0.05, 0) is 27.1 Å². The van der Waals surface area contributed by atoms with Crippen LogP contribution in [0, 0.1) is 0 Å². The lowest BCUT2D eigenvalue weighted by Crippen LogP contribution is -2.13. The second-order valence-electron chi connectivity index (χ2n) is 2.57. The molecule has 0 aromatic heterocycles. The molecule has 1 nitrogen and oxygen atoms in total. The highest BCUT2D eigenvalue weighted by atomic mass is 15.0. The van der Waals surface area contributed by atoms with Gasteiger partial charge in [-0.2, -0.15) is 0 Å². The third kappa shape index (κ3) is 6.02. The molecule has 0 fully saturated rings. The van der Waals surface area contributed by atoms with Crippen molar-refractivity contribution >= 4 is 7.85 Å². The van der Waals surface area contributed by atoms with Gasteiger partial charge in [-0.3, -0.25) is 0 Å². The molecule has 0 rings (SSSR count). The summed E-state index contributed by atoms with van der Waals surface area (Å²) in [4.78, 5) is 2.14. The van der Waals surface area contributed by atoms with Crippen molar-refractivity contribution in [1.82, 2.24) is 4.90 Å². The lowest BCUT2D eigenvalue weighted by Gasteiger charge is -2.10. The summed E-state index contributed by atoms with van der Waals surface area (Å²) in [6.07, 6.45) is 1.09. The second kappa shape index (κ2) is 3.96. The Morgan fingerprint density at radius 3 is 2.12 bits per heavy atom. The van der Waals surface area contributed by atoms with Crippen LogP contribution >= 0.6 is 0 Å². The summed E-state index contributed by atoms with van der Waals surface area (Å²) in [5.41, 5.74) is 0. The third-order valence-electron chi connectivity index (χ3n) is 1.03. The molecular formula is C6H14BN. The van der Waals surface area contributed by atoms with E-state index < -0.39 is 0 Å². The molecular weight excluding hydrogens is 96.9 g/mol. The second-order valence-corrected chi connectivity index (χ2v) is 2.57. The van der Waals surface area contributed by atoms with Crippen molar-refractivity contribution in [1.29, 1.82) is 0 Å². The van der Waals surface area contributed by atoms with Crippen LogP contribution in [0.3, 0.4) is 0 Å². The molecule has 8 heavy (non-hydrogen) atoms. The summed E-state index contributed by atoms with van der Waals surface area (Å²) in [5.74, 6) is 0.345. The zero-order chi connectivity index (χ0) is 6.57. The van der Waals surface area contributed by atoms with Gasteiger partial charge in [0.2, 0.25) is 0 Å². The van der Waals surface area contributed by atoms with Gasteiger partial charge in [0.1, 0.15) is 0 Å². The molecule has 0 aliphatic heterocycles. The van der Waals surface area contributed by atoms with E-state index in [2.05, 4.69) is 19.0 Å². The summed E-state index contributed by atoms with van der Waals surface area (Å²) in [6, 6.07) is 0. The van der Waals surface area contributed by atoms with Gasteiger partial charge in [0.25, 0.3) is 0 Å². The summed E-state index contributed by atoms with van der Waals surface area (Å²) >= 11 is 0. The van der Waals surface area contributed by atoms with E-state index in [1.165, 1.54) is 0 Å². The Morgan fingerprint density at radius 2 is 2.00 bits per heavy atom. The van der Waals surface area contributed by atoms with Gasteiger partial charge in [-0.25, -0.2) is 0 Å². The normalized spacial score (nSPS) is 14.5. The maximum atomic E-state index is 5.51. The minimum atomic E-state index is 0.345. The van der Waals surface area contributed by atoms with Gasteiger partial charge in [0.15, 0.2) is 0 Å². The fraction of sp³-hybridized carbons (Fsp3) is 1.00. The first-order valence-corrected chi connectivity index (χ1v) is 3.03. The molecule has 0 saturated heterocycles. The van der Waals surface area contributed by atoms with Gasteiger partial charge >= 0.3 is 0 Å². The zero-order valence-electron chi connectivity index (χ0n) is 6.02. The van der Waals surface area contributed by atoms with Crippen molar-refractivity contribution < 1.29 is 0 Å². The number of rotatable bonds is 3. The predicted molar refractivity (Wildman–Crippen MR) is 38.3 cm³/mol. The van der Waals surface area contributed by atoms with Crippen molar-refractivity contribution in [2.24, 2.45) is 0 Å². The molecule has 0 aromatic carbocycles. The average Bonchev–Trinajstić information content (AvgIpc) is 1.61. The fourth-order valence-electron chi connectivity index (χ4n) is 0.462. The molecule has 1 unspecified atom stereocenters. The molecule has 0 aliphatic rings. The molecule has 0 N–H and O–H groups in total. The van der Waals surface area contributed by atoms with E-state index >= 15 is 0 Å². The Bertz CT molecular complexity index is 44.5. The van der Waals surface area contributed by atoms with Crippen LogP contribution in [0.4, 0.5) is 0 Å². The molecule has 0 aromatic rings. The van der Waals surface area contributed by atoms with Crippen molar-refractivity contribution in [3.05, 3.63) is 0 Å². The summed E-state index contributed by atoms with van der Waals surface area (Å²) < 4.78 is 0. The summed E-state index contributed by atoms with van der Waals surface area (Å²) in [7, 11) is 9.63. The first-order chi connectivity index (χ1) is 3.63. The minimum absolute atomic E-state index is 0.345. The van der Waals surface area contributed by atoms with E-state index in [0.717, 1.165) is 13.0 Å². The van der Waals surface area contributed by atoms with E-state index in [-0.39, 0.29) is 0 Å². The van der Waals surface area contributed by atoms with Gasteiger partial charge < -0.3 is 4.90 Å². The standard InChI is InChI=1S/C6H14BN/c1-6(7)4-5-8(2)3/h6H,4-5H2,1-3H3. The maximum Gasteiger partial charge on any atom is 0.0696 e. The van der Waals surface area contributed by atoms with Crippen LogP contribution < -0.4 is 0 Å². The minimum Gasteiger partial charge on any atom is -0.309 e. The summed E-state index contributed by atoms with van der Waals surface area (Å²) in [6.45, 7) is 3.13. The largest absolute Gasteiger partial charge is 0.309 e. The van der Waals surface area contributed by atoms with Gasteiger partial charge in [-0.1, -0.05) is 12.7 Å². The average molecular weight is 111 g/mol. The molecule has 2 heteroatoms. The number of nitrogens with zero attached hydrogens (tertiary/aromatic N) is 1. The molecule has 0 saturated carbocycles. The Hall–Kier alpha value is 0.0249. The van der Waals surface area contributed by atoms with E-state index in [4.69, 9.17) is 7.85 Å². The highest BCUT2D eigenvalue weighted by molar-refractivity contribution is 6.11. The van der Waals surface area contributed by atoms with E-state index in [1.807, 2.05) is 6.92 Å². The quantitative estimate of drug-likeness (QED) is 0.489. The topological polar surface area (TPSA) is 3.24 Å². The Balaban J connectivity index is 2.93. The zero-order valence-corrected chi connectivity index (χ0v) is 6.02. The van der Waals surface area contributed by atoms with Gasteiger partial charge in [0.05, 0.1) is 7.85 Å².